The first-order chi connectivity index (χ1) is 7.11. The highest BCUT2D eigenvalue weighted by Gasteiger charge is 2.11. The van der Waals surface area contributed by atoms with Gasteiger partial charge in [-0.25, -0.2) is 0 Å². The van der Waals surface area contributed by atoms with Gasteiger partial charge in [0.1, 0.15) is 23.1 Å². The number of rotatable bonds is 4. The summed E-state index contributed by atoms with van der Waals surface area (Å²) in [7, 11) is 0. The van der Waals surface area contributed by atoms with E-state index in [4.69, 9.17) is 0 Å². The average Bonchev–Trinajstić information content (AvgIpc) is 2.15. The molecule has 0 aromatic heterocycles. The molecule has 0 aromatic carbocycles. The molecule has 0 rings (SSSR count). The summed E-state index contributed by atoms with van der Waals surface area (Å²) in [6, 6.07) is 0. The minimum atomic E-state index is -0.407. The van der Waals surface area contributed by atoms with Crippen LogP contribution >= 0.6 is 0 Å². The van der Waals surface area contributed by atoms with E-state index < -0.39 is 11.8 Å². The van der Waals surface area contributed by atoms with E-state index in [2.05, 4.69) is 0 Å². The van der Waals surface area contributed by atoms with Crippen molar-refractivity contribution in [2.75, 3.05) is 0 Å². The summed E-state index contributed by atoms with van der Waals surface area (Å²) in [5.74, 6) is -1.05. The molecular weight excluding hydrogens is 208 g/mol. The number of ketones is 4. The lowest BCUT2D eigenvalue weighted by atomic mass is 10.0. The molecule has 0 unspecified atom stereocenters. The van der Waals surface area contributed by atoms with Crippen LogP contribution in [0.2, 0.25) is 0 Å². The minimum absolute atomic E-state index is 0.0579. The molecule has 0 heterocycles. The maximum absolute atomic E-state index is 10.4. The zero-order valence-corrected chi connectivity index (χ0v) is 10.8. The van der Waals surface area contributed by atoms with Crippen molar-refractivity contribution in [2.45, 2.75) is 41.5 Å². The van der Waals surface area contributed by atoms with E-state index >= 15 is 0 Å². The number of carbonyl (C=O) groups is 4. The molecule has 0 aliphatic heterocycles. The molecule has 92 valence electrons. The Labute approximate surface area is 96.4 Å². The molecule has 0 aliphatic rings. The summed E-state index contributed by atoms with van der Waals surface area (Å²) >= 11 is 0. The van der Waals surface area contributed by atoms with Crippen LogP contribution in [0, 0.1) is 11.8 Å². The van der Waals surface area contributed by atoms with Gasteiger partial charge in [-0.15, -0.1) is 0 Å². The third-order valence-corrected chi connectivity index (χ3v) is 2.44. The van der Waals surface area contributed by atoms with E-state index in [1.54, 1.807) is 13.8 Å². The van der Waals surface area contributed by atoms with Crippen LogP contribution < -0.4 is 0 Å². The minimum Gasteiger partial charge on any atom is -0.299 e. The maximum Gasteiger partial charge on any atom is 0.139 e. The highest BCUT2D eigenvalue weighted by atomic mass is 16.2. The van der Waals surface area contributed by atoms with Crippen LogP contribution in [0.15, 0.2) is 0 Å². The number of hydrogen-bond acceptors (Lipinski definition) is 4. The monoisotopic (exact) mass is 228 g/mol. The summed E-state index contributed by atoms with van der Waals surface area (Å²) in [5, 5.41) is 0. The van der Waals surface area contributed by atoms with E-state index in [0.717, 1.165) is 0 Å². The first-order valence-corrected chi connectivity index (χ1v) is 5.13. The van der Waals surface area contributed by atoms with Crippen molar-refractivity contribution in [1.82, 2.24) is 0 Å². The first kappa shape index (κ1) is 17.1. The molecule has 0 spiro atoms. The van der Waals surface area contributed by atoms with Crippen LogP contribution in [0.25, 0.3) is 0 Å². The van der Waals surface area contributed by atoms with E-state index in [1.807, 2.05) is 0 Å². The van der Waals surface area contributed by atoms with Gasteiger partial charge < -0.3 is 0 Å². The highest BCUT2D eigenvalue weighted by Crippen LogP contribution is 1.96. The van der Waals surface area contributed by atoms with E-state index in [-0.39, 0.29) is 23.1 Å². The van der Waals surface area contributed by atoms with E-state index in [0.29, 0.717) is 0 Å². The number of hydrogen-bond donors (Lipinski definition) is 0. The van der Waals surface area contributed by atoms with Gasteiger partial charge in [-0.05, 0) is 41.5 Å². The second-order valence-electron chi connectivity index (χ2n) is 3.89. The Bertz CT molecular complexity index is 233. The Balaban J connectivity index is 0. The predicted molar refractivity (Wildman–Crippen MR) is 61.1 cm³/mol. The molecule has 0 saturated carbocycles. The van der Waals surface area contributed by atoms with Gasteiger partial charge in [-0.1, -0.05) is 0 Å². The predicted octanol–water partition coefficient (Wildman–Crippen LogP) is 1.60. The Morgan fingerprint density at radius 1 is 0.562 bits per heavy atom. The van der Waals surface area contributed by atoms with E-state index in [9.17, 15) is 19.2 Å². The molecule has 4 nitrogen and oxygen atoms in total. The van der Waals surface area contributed by atoms with Gasteiger partial charge in [0, 0.05) is 0 Å². The van der Waals surface area contributed by atoms with Crippen molar-refractivity contribution in [2.24, 2.45) is 11.8 Å². The fourth-order valence-electron chi connectivity index (χ4n) is 0.572. The maximum atomic E-state index is 10.4. The molecule has 16 heavy (non-hydrogen) atoms. The largest absolute Gasteiger partial charge is 0.299 e. The van der Waals surface area contributed by atoms with Crippen molar-refractivity contribution < 1.29 is 19.2 Å². The average molecular weight is 228 g/mol. The lowest BCUT2D eigenvalue weighted by Gasteiger charge is -1.97. The first-order valence-electron chi connectivity index (χ1n) is 5.13. The lowest BCUT2D eigenvalue weighted by Crippen LogP contribution is -2.14. The Hall–Kier alpha value is -1.32. The van der Waals surface area contributed by atoms with Gasteiger partial charge in [0.15, 0.2) is 0 Å². The zero-order valence-electron chi connectivity index (χ0n) is 10.8. The third-order valence-electron chi connectivity index (χ3n) is 2.44. The molecule has 0 fully saturated rings. The van der Waals surface area contributed by atoms with Crippen molar-refractivity contribution in [3.63, 3.8) is 0 Å². The van der Waals surface area contributed by atoms with Crippen LogP contribution in [-0.4, -0.2) is 23.1 Å². The van der Waals surface area contributed by atoms with Crippen molar-refractivity contribution in [1.29, 1.82) is 0 Å². The van der Waals surface area contributed by atoms with Gasteiger partial charge in [0.05, 0.1) is 11.8 Å². The van der Waals surface area contributed by atoms with E-state index in [1.165, 1.54) is 27.7 Å². The summed E-state index contributed by atoms with van der Waals surface area (Å²) < 4.78 is 0. The lowest BCUT2D eigenvalue weighted by molar-refractivity contribution is -0.131. The molecular formula is C12H20O4. The molecule has 0 atom stereocenters. The Morgan fingerprint density at radius 2 is 0.688 bits per heavy atom. The molecule has 0 bridgehead atoms. The quantitative estimate of drug-likeness (QED) is 0.685. The SMILES string of the molecule is CC(=O)C(C)C(C)=O.CC(=O)C(C)C(C)=O. The molecule has 0 aromatic rings. The topological polar surface area (TPSA) is 68.3 Å². The molecule has 0 radical (unpaired) electrons. The Kier molecular flexibility index (Phi) is 8.44. The van der Waals surface area contributed by atoms with Crippen LogP contribution in [0.1, 0.15) is 41.5 Å². The van der Waals surface area contributed by atoms with Crippen molar-refractivity contribution >= 4 is 23.1 Å². The Morgan fingerprint density at radius 3 is 0.688 bits per heavy atom. The summed E-state index contributed by atoms with van der Waals surface area (Å²) in [6.07, 6.45) is 0. The standard InChI is InChI=1S/2C6H10O2/c2*1-4(5(2)7)6(3)8/h2*4H,1-3H3. The second kappa shape index (κ2) is 7.91. The van der Waals surface area contributed by atoms with Gasteiger partial charge in [0.2, 0.25) is 0 Å². The molecule has 0 amide bonds. The zero-order chi connectivity index (χ0) is 13.5. The summed E-state index contributed by atoms with van der Waals surface area (Å²) in [6.45, 7) is 8.92. The fourth-order valence-corrected chi connectivity index (χ4v) is 0.572. The summed E-state index contributed by atoms with van der Waals surface area (Å²) in [5.41, 5.74) is 0. The summed E-state index contributed by atoms with van der Waals surface area (Å²) in [4.78, 5) is 41.5. The molecule has 0 N–H and O–H groups in total. The number of Topliss-reactive ketones (excluding diaryl/α,β-unsaturated/α-hetero) is 4. The van der Waals surface area contributed by atoms with Crippen molar-refractivity contribution in [3.8, 4) is 0 Å². The highest BCUT2D eigenvalue weighted by molar-refractivity contribution is 6.00. The smallest absolute Gasteiger partial charge is 0.139 e. The number of carbonyl (C=O) groups excluding carboxylic acids is 4. The third kappa shape index (κ3) is 8.03. The van der Waals surface area contributed by atoms with Gasteiger partial charge in [-0.2, -0.15) is 0 Å². The molecule has 0 aliphatic carbocycles. The van der Waals surface area contributed by atoms with Crippen LogP contribution in [0.4, 0.5) is 0 Å². The van der Waals surface area contributed by atoms with Crippen LogP contribution in [0.5, 0.6) is 0 Å². The van der Waals surface area contributed by atoms with Gasteiger partial charge >= 0.3 is 0 Å². The normalized spacial score (nSPS) is 9.50. The van der Waals surface area contributed by atoms with Gasteiger partial charge in [0.25, 0.3) is 0 Å². The van der Waals surface area contributed by atoms with Crippen molar-refractivity contribution in [3.05, 3.63) is 0 Å². The molecule has 4 heteroatoms. The van der Waals surface area contributed by atoms with Gasteiger partial charge in [-0.3, -0.25) is 19.2 Å². The van der Waals surface area contributed by atoms with Crippen LogP contribution in [-0.2, 0) is 19.2 Å². The second-order valence-corrected chi connectivity index (χ2v) is 3.89. The van der Waals surface area contributed by atoms with Crippen LogP contribution in [0.3, 0.4) is 0 Å². The fraction of sp³-hybridized carbons (Fsp3) is 0.667. The molecule has 0 saturated heterocycles.